The molecule has 1 aromatic heterocycles. The Balaban J connectivity index is 2.35. The van der Waals surface area contributed by atoms with Crippen LogP contribution in [0, 0.1) is 5.92 Å². The molecule has 0 aliphatic heterocycles. The number of hydrogen-bond acceptors (Lipinski definition) is 3. The van der Waals surface area contributed by atoms with E-state index in [1.807, 2.05) is 13.8 Å². The number of rotatable bonds is 3. The first kappa shape index (κ1) is 13.3. The zero-order valence-electron chi connectivity index (χ0n) is 10.1. The largest absolute Gasteiger partial charge is 0.322 e. The van der Waals surface area contributed by atoms with Gasteiger partial charge in [0.15, 0.2) is 0 Å². The minimum Gasteiger partial charge on any atom is -0.322 e. The van der Waals surface area contributed by atoms with Gasteiger partial charge in [-0.1, -0.05) is 42.3 Å². The van der Waals surface area contributed by atoms with Crippen molar-refractivity contribution in [3.63, 3.8) is 0 Å². The van der Waals surface area contributed by atoms with Crippen LogP contribution in [-0.4, -0.2) is 15.0 Å². The Bertz CT molecular complexity index is 531. The summed E-state index contributed by atoms with van der Waals surface area (Å²) in [4.78, 5) is 0. The first-order valence-corrected chi connectivity index (χ1v) is 6.37. The summed E-state index contributed by atoms with van der Waals surface area (Å²) in [6.45, 7) is 4.08. The van der Waals surface area contributed by atoms with Crippen molar-refractivity contribution in [3.05, 3.63) is 40.1 Å². The Morgan fingerprint density at radius 2 is 1.78 bits per heavy atom. The Kier molecular flexibility index (Phi) is 3.90. The second kappa shape index (κ2) is 5.26. The van der Waals surface area contributed by atoms with Crippen molar-refractivity contribution in [3.8, 4) is 5.69 Å². The van der Waals surface area contributed by atoms with Crippen molar-refractivity contribution >= 4 is 23.2 Å². The van der Waals surface area contributed by atoms with Gasteiger partial charge >= 0.3 is 0 Å². The summed E-state index contributed by atoms with van der Waals surface area (Å²) in [7, 11) is 0. The van der Waals surface area contributed by atoms with Crippen LogP contribution in [0.3, 0.4) is 0 Å². The van der Waals surface area contributed by atoms with E-state index in [2.05, 4.69) is 10.3 Å². The molecule has 1 aromatic carbocycles. The molecule has 1 unspecified atom stereocenters. The summed E-state index contributed by atoms with van der Waals surface area (Å²) >= 11 is 11.9. The zero-order chi connectivity index (χ0) is 13.3. The standard InChI is InChI=1S/C12H14Cl2N4/c1-7(2)12(15)11-6-18(17-16-11)10-4-8(13)3-9(14)5-10/h3-7,12H,15H2,1-2H3. The van der Waals surface area contributed by atoms with Crippen molar-refractivity contribution in [1.29, 1.82) is 0 Å². The molecule has 0 fully saturated rings. The van der Waals surface area contributed by atoms with Gasteiger partial charge in [-0.25, -0.2) is 4.68 Å². The quantitative estimate of drug-likeness (QED) is 0.941. The molecule has 0 saturated heterocycles. The fraction of sp³-hybridized carbons (Fsp3) is 0.333. The first-order chi connectivity index (χ1) is 8.47. The lowest BCUT2D eigenvalue weighted by molar-refractivity contribution is 0.502. The van der Waals surface area contributed by atoms with Gasteiger partial charge in [0.25, 0.3) is 0 Å². The molecule has 2 aromatic rings. The number of halogens is 2. The van der Waals surface area contributed by atoms with E-state index >= 15 is 0 Å². The third kappa shape index (κ3) is 2.83. The van der Waals surface area contributed by atoms with Gasteiger partial charge in [0.1, 0.15) is 5.69 Å². The summed E-state index contributed by atoms with van der Waals surface area (Å²) in [5.74, 6) is 0.304. The van der Waals surface area contributed by atoms with Crippen LogP contribution in [-0.2, 0) is 0 Å². The van der Waals surface area contributed by atoms with Gasteiger partial charge in [-0.2, -0.15) is 0 Å². The lowest BCUT2D eigenvalue weighted by Crippen LogP contribution is -2.17. The summed E-state index contributed by atoms with van der Waals surface area (Å²) < 4.78 is 1.62. The van der Waals surface area contributed by atoms with Gasteiger partial charge in [-0.05, 0) is 24.1 Å². The van der Waals surface area contributed by atoms with Gasteiger partial charge in [0.2, 0.25) is 0 Å². The van der Waals surface area contributed by atoms with Crippen LogP contribution in [0.5, 0.6) is 0 Å². The highest BCUT2D eigenvalue weighted by Crippen LogP contribution is 2.22. The Morgan fingerprint density at radius 3 is 2.33 bits per heavy atom. The van der Waals surface area contributed by atoms with Crippen molar-refractivity contribution in [2.24, 2.45) is 11.7 Å². The molecule has 0 amide bonds. The van der Waals surface area contributed by atoms with Crippen LogP contribution in [0.4, 0.5) is 0 Å². The van der Waals surface area contributed by atoms with Gasteiger partial charge in [0, 0.05) is 10.0 Å². The molecular formula is C12H14Cl2N4. The molecule has 96 valence electrons. The minimum absolute atomic E-state index is 0.131. The summed E-state index contributed by atoms with van der Waals surface area (Å²) in [6, 6.07) is 5.08. The van der Waals surface area contributed by atoms with Gasteiger partial charge in [0.05, 0.1) is 17.9 Å². The van der Waals surface area contributed by atoms with E-state index in [0.717, 1.165) is 11.4 Å². The third-order valence-electron chi connectivity index (χ3n) is 2.68. The van der Waals surface area contributed by atoms with Crippen LogP contribution >= 0.6 is 23.2 Å². The molecule has 0 radical (unpaired) electrons. The Hall–Kier alpha value is -1.10. The lowest BCUT2D eigenvalue weighted by Gasteiger charge is -2.11. The molecule has 0 saturated carbocycles. The molecular weight excluding hydrogens is 271 g/mol. The topological polar surface area (TPSA) is 56.7 Å². The average molecular weight is 285 g/mol. The molecule has 0 aliphatic carbocycles. The van der Waals surface area contributed by atoms with E-state index in [9.17, 15) is 0 Å². The molecule has 6 heteroatoms. The van der Waals surface area contributed by atoms with E-state index in [-0.39, 0.29) is 6.04 Å². The van der Waals surface area contributed by atoms with Gasteiger partial charge < -0.3 is 5.73 Å². The second-order valence-corrected chi connectivity index (χ2v) is 5.36. The minimum atomic E-state index is -0.131. The SMILES string of the molecule is CC(C)C(N)c1cn(-c2cc(Cl)cc(Cl)c2)nn1. The monoisotopic (exact) mass is 284 g/mol. The maximum atomic E-state index is 6.02. The van der Waals surface area contributed by atoms with E-state index in [4.69, 9.17) is 28.9 Å². The van der Waals surface area contributed by atoms with Crippen LogP contribution in [0.1, 0.15) is 25.6 Å². The van der Waals surface area contributed by atoms with Crippen molar-refractivity contribution in [1.82, 2.24) is 15.0 Å². The van der Waals surface area contributed by atoms with Crippen molar-refractivity contribution < 1.29 is 0 Å². The predicted octanol–water partition coefficient (Wildman–Crippen LogP) is 3.23. The van der Waals surface area contributed by atoms with Gasteiger partial charge in [-0.15, -0.1) is 5.10 Å². The van der Waals surface area contributed by atoms with E-state index in [1.165, 1.54) is 0 Å². The van der Waals surface area contributed by atoms with Crippen molar-refractivity contribution in [2.75, 3.05) is 0 Å². The Morgan fingerprint density at radius 1 is 1.17 bits per heavy atom. The number of benzene rings is 1. The molecule has 2 N–H and O–H groups in total. The molecule has 0 spiro atoms. The predicted molar refractivity (Wildman–Crippen MR) is 73.1 cm³/mol. The average Bonchev–Trinajstić information content (AvgIpc) is 2.75. The van der Waals surface area contributed by atoms with Crippen LogP contribution in [0.25, 0.3) is 5.69 Å². The normalized spacial score (nSPS) is 13.0. The smallest absolute Gasteiger partial charge is 0.100 e. The fourth-order valence-corrected chi connectivity index (χ4v) is 2.08. The highest BCUT2D eigenvalue weighted by Gasteiger charge is 2.15. The van der Waals surface area contributed by atoms with Crippen LogP contribution in [0.2, 0.25) is 10.0 Å². The molecule has 2 rings (SSSR count). The Labute approximate surface area is 116 Å². The van der Waals surface area contributed by atoms with Crippen molar-refractivity contribution in [2.45, 2.75) is 19.9 Å². The highest BCUT2D eigenvalue weighted by atomic mass is 35.5. The molecule has 0 aliphatic rings. The zero-order valence-corrected chi connectivity index (χ0v) is 11.7. The maximum Gasteiger partial charge on any atom is 0.100 e. The molecule has 4 nitrogen and oxygen atoms in total. The van der Waals surface area contributed by atoms with Crippen LogP contribution < -0.4 is 5.73 Å². The summed E-state index contributed by atoms with van der Waals surface area (Å²) in [6.07, 6.45) is 1.80. The van der Waals surface area contributed by atoms with E-state index < -0.39 is 0 Å². The number of hydrogen-bond donors (Lipinski definition) is 1. The maximum absolute atomic E-state index is 6.02. The summed E-state index contributed by atoms with van der Waals surface area (Å²) in [5, 5.41) is 9.23. The number of nitrogens with zero attached hydrogens (tertiary/aromatic N) is 3. The molecule has 1 heterocycles. The summed E-state index contributed by atoms with van der Waals surface area (Å²) in [5.41, 5.74) is 7.54. The van der Waals surface area contributed by atoms with Gasteiger partial charge in [-0.3, -0.25) is 0 Å². The van der Waals surface area contributed by atoms with E-state index in [1.54, 1.807) is 29.1 Å². The lowest BCUT2D eigenvalue weighted by atomic mass is 10.0. The number of aromatic nitrogens is 3. The molecule has 0 bridgehead atoms. The molecule has 18 heavy (non-hydrogen) atoms. The van der Waals surface area contributed by atoms with E-state index in [0.29, 0.717) is 16.0 Å². The molecule has 1 atom stereocenters. The number of nitrogens with two attached hydrogens (primary N) is 1. The van der Waals surface area contributed by atoms with Crippen LogP contribution in [0.15, 0.2) is 24.4 Å². The fourth-order valence-electron chi connectivity index (χ4n) is 1.57. The highest BCUT2D eigenvalue weighted by molar-refractivity contribution is 6.34. The second-order valence-electron chi connectivity index (χ2n) is 4.49. The first-order valence-electron chi connectivity index (χ1n) is 5.61. The third-order valence-corrected chi connectivity index (χ3v) is 3.12.